The molecule has 1 N–H and O–H groups in total. The SMILES string of the molecule is CCC1CNC(C)(CC)CN1c1cc(Cl)cc(Cl)c1. The number of hydrogen-bond donors (Lipinski definition) is 1. The molecule has 2 nitrogen and oxygen atoms in total. The minimum Gasteiger partial charge on any atom is -0.365 e. The van der Waals surface area contributed by atoms with Gasteiger partial charge in [0.05, 0.1) is 0 Å². The van der Waals surface area contributed by atoms with Crippen LogP contribution >= 0.6 is 23.2 Å². The van der Waals surface area contributed by atoms with Gasteiger partial charge in [-0.15, -0.1) is 0 Å². The van der Waals surface area contributed by atoms with Crippen LogP contribution < -0.4 is 10.2 Å². The van der Waals surface area contributed by atoms with Gasteiger partial charge in [0.1, 0.15) is 0 Å². The third-order valence-electron chi connectivity index (χ3n) is 4.16. The van der Waals surface area contributed by atoms with Gasteiger partial charge in [-0.1, -0.05) is 37.0 Å². The fourth-order valence-electron chi connectivity index (χ4n) is 2.64. The zero-order valence-electron chi connectivity index (χ0n) is 11.8. The fraction of sp³-hybridized carbons (Fsp3) is 0.600. The maximum Gasteiger partial charge on any atom is 0.0441 e. The number of halogens is 2. The molecule has 0 aliphatic carbocycles. The molecule has 1 saturated heterocycles. The summed E-state index contributed by atoms with van der Waals surface area (Å²) in [6.45, 7) is 8.71. The summed E-state index contributed by atoms with van der Waals surface area (Å²) in [7, 11) is 0. The van der Waals surface area contributed by atoms with Gasteiger partial charge in [0.15, 0.2) is 0 Å². The summed E-state index contributed by atoms with van der Waals surface area (Å²) >= 11 is 12.3. The Balaban J connectivity index is 2.32. The molecule has 0 aromatic heterocycles. The summed E-state index contributed by atoms with van der Waals surface area (Å²) in [6.07, 6.45) is 2.21. The molecule has 0 bridgehead atoms. The fourth-order valence-corrected chi connectivity index (χ4v) is 3.16. The van der Waals surface area contributed by atoms with Crippen LogP contribution in [0.1, 0.15) is 33.6 Å². The van der Waals surface area contributed by atoms with E-state index < -0.39 is 0 Å². The Morgan fingerprint density at radius 2 is 1.89 bits per heavy atom. The highest BCUT2D eigenvalue weighted by Crippen LogP contribution is 2.31. The molecule has 0 saturated carbocycles. The number of nitrogens with zero attached hydrogens (tertiary/aromatic N) is 1. The average molecular weight is 301 g/mol. The van der Waals surface area contributed by atoms with Crippen LogP contribution in [0.4, 0.5) is 5.69 Å². The summed E-state index contributed by atoms with van der Waals surface area (Å²) in [4.78, 5) is 2.44. The van der Waals surface area contributed by atoms with E-state index in [2.05, 4.69) is 31.0 Å². The van der Waals surface area contributed by atoms with Gasteiger partial charge >= 0.3 is 0 Å². The summed E-state index contributed by atoms with van der Waals surface area (Å²) in [5.41, 5.74) is 1.28. The maximum absolute atomic E-state index is 6.14. The first-order valence-corrected chi connectivity index (χ1v) is 7.71. The zero-order valence-corrected chi connectivity index (χ0v) is 13.4. The number of piperazine rings is 1. The van der Waals surface area contributed by atoms with Gasteiger partial charge in [0, 0.05) is 40.4 Å². The van der Waals surface area contributed by atoms with E-state index >= 15 is 0 Å². The number of rotatable bonds is 3. The lowest BCUT2D eigenvalue weighted by Gasteiger charge is -2.47. The molecule has 0 spiro atoms. The van der Waals surface area contributed by atoms with Crippen molar-refractivity contribution in [1.82, 2.24) is 5.32 Å². The van der Waals surface area contributed by atoms with Crippen LogP contribution in [0.25, 0.3) is 0 Å². The van der Waals surface area contributed by atoms with E-state index in [4.69, 9.17) is 23.2 Å². The van der Waals surface area contributed by atoms with Gasteiger partial charge in [-0.25, -0.2) is 0 Å². The first-order chi connectivity index (χ1) is 8.97. The third kappa shape index (κ3) is 3.36. The molecule has 2 rings (SSSR count). The van der Waals surface area contributed by atoms with Gasteiger partial charge in [-0.3, -0.25) is 0 Å². The van der Waals surface area contributed by atoms with Crippen LogP contribution in [0.2, 0.25) is 10.0 Å². The first kappa shape index (κ1) is 15.0. The minimum absolute atomic E-state index is 0.153. The van der Waals surface area contributed by atoms with Crippen LogP contribution in [-0.2, 0) is 0 Å². The average Bonchev–Trinajstić information content (AvgIpc) is 2.37. The second kappa shape index (κ2) is 5.90. The molecular formula is C15H22Cl2N2. The van der Waals surface area contributed by atoms with Crippen LogP contribution in [-0.4, -0.2) is 24.7 Å². The molecule has 4 heteroatoms. The molecule has 1 fully saturated rings. The van der Waals surface area contributed by atoms with Crippen molar-refractivity contribution in [1.29, 1.82) is 0 Å². The zero-order chi connectivity index (χ0) is 14.0. The summed E-state index contributed by atoms with van der Waals surface area (Å²) < 4.78 is 0. The van der Waals surface area contributed by atoms with Gasteiger partial charge in [0.2, 0.25) is 0 Å². The van der Waals surface area contributed by atoms with E-state index in [9.17, 15) is 0 Å². The number of benzene rings is 1. The second-order valence-electron chi connectivity index (χ2n) is 5.61. The van der Waals surface area contributed by atoms with Crippen LogP contribution in [0.15, 0.2) is 18.2 Å². The monoisotopic (exact) mass is 300 g/mol. The Kier molecular flexibility index (Phi) is 4.65. The van der Waals surface area contributed by atoms with Crippen molar-refractivity contribution >= 4 is 28.9 Å². The molecule has 106 valence electrons. The molecule has 1 aliphatic heterocycles. The molecule has 1 aromatic rings. The van der Waals surface area contributed by atoms with Gasteiger partial charge in [0.25, 0.3) is 0 Å². The summed E-state index contributed by atoms with van der Waals surface area (Å²) in [5.74, 6) is 0. The van der Waals surface area contributed by atoms with E-state index in [1.165, 1.54) is 0 Å². The van der Waals surface area contributed by atoms with Crippen molar-refractivity contribution in [3.8, 4) is 0 Å². The number of anilines is 1. The van der Waals surface area contributed by atoms with Crippen molar-refractivity contribution in [2.24, 2.45) is 0 Å². The highest BCUT2D eigenvalue weighted by molar-refractivity contribution is 6.35. The van der Waals surface area contributed by atoms with Gasteiger partial charge in [-0.2, -0.15) is 0 Å². The standard InChI is InChI=1S/C15H22Cl2N2/c1-4-13-9-18-15(3,5-2)10-19(13)14-7-11(16)6-12(17)8-14/h6-8,13,18H,4-5,9-10H2,1-3H3. The molecule has 2 unspecified atom stereocenters. The Morgan fingerprint density at radius 3 is 2.42 bits per heavy atom. The predicted octanol–water partition coefficient (Wildman–Crippen LogP) is 4.35. The molecule has 0 radical (unpaired) electrons. The van der Waals surface area contributed by atoms with Crippen molar-refractivity contribution in [2.45, 2.75) is 45.2 Å². The van der Waals surface area contributed by atoms with Gasteiger partial charge in [-0.05, 0) is 38.0 Å². The van der Waals surface area contributed by atoms with Crippen molar-refractivity contribution in [3.63, 3.8) is 0 Å². The van der Waals surface area contributed by atoms with Gasteiger partial charge < -0.3 is 10.2 Å². The van der Waals surface area contributed by atoms with E-state index in [0.717, 1.165) is 31.6 Å². The van der Waals surface area contributed by atoms with E-state index in [1.807, 2.05) is 12.1 Å². The Hall–Kier alpha value is -0.440. The van der Waals surface area contributed by atoms with E-state index in [0.29, 0.717) is 16.1 Å². The minimum atomic E-state index is 0.153. The lowest BCUT2D eigenvalue weighted by atomic mass is 9.92. The first-order valence-electron chi connectivity index (χ1n) is 6.95. The maximum atomic E-state index is 6.14. The molecule has 0 amide bonds. The summed E-state index contributed by atoms with van der Waals surface area (Å²) in [6, 6.07) is 6.30. The Bertz CT molecular complexity index is 430. The van der Waals surface area contributed by atoms with E-state index in [-0.39, 0.29) is 5.54 Å². The van der Waals surface area contributed by atoms with Crippen LogP contribution in [0.3, 0.4) is 0 Å². The lowest BCUT2D eigenvalue weighted by molar-refractivity contribution is 0.276. The van der Waals surface area contributed by atoms with E-state index in [1.54, 1.807) is 6.07 Å². The van der Waals surface area contributed by atoms with Crippen LogP contribution in [0, 0.1) is 0 Å². The smallest absolute Gasteiger partial charge is 0.0441 e. The topological polar surface area (TPSA) is 15.3 Å². The predicted molar refractivity (Wildman–Crippen MR) is 84.6 cm³/mol. The molecule has 1 aliphatic rings. The summed E-state index contributed by atoms with van der Waals surface area (Å²) in [5, 5.41) is 5.07. The Labute approximate surface area is 126 Å². The third-order valence-corrected chi connectivity index (χ3v) is 4.59. The largest absolute Gasteiger partial charge is 0.365 e. The molecule has 19 heavy (non-hydrogen) atoms. The molecule has 2 atom stereocenters. The second-order valence-corrected chi connectivity index (χ2v) is 6.49. The highest BCUT2D eigenvalue weighted by atomic mass is 35.5. The highest BCUT2D eigenvalue weighted by Gasteiger charge is 2.33. The van der Waals surface area contributed by atoms with Crippen LogP contribution in [0.5, 0.6) is 0 Å². The van der Waals surface area contributed by atoms with Crippen molar-refractivity contribution in [2.75, 3.05) is 18.0 Å². The number of hydrogen-bond acceptors (Lipinski definition) is 2. The molecule has 1 heterocycles. The molecular weight excluding hydrogens is 279 g/mol. The molecule has 1 aromatic carbocycles. The lowest BCUT2D eigenvalue weighted by Crippen LogP contribution is -2.62. The normalized spacial score (nSPS) is 27.6. The van der Waals surface area contributed by atoms with Crippen molar-refractivity contribution in [3.05, 3.63) is 28.2 Å². The van der Waals surface area contributed by atoms with Crippen molar-refractivity contribution < 1.29 is 0 Å². The Morgan fingerprint density at radius 1 is 1.26 bits per heavy atom. The quantitative estimate of drug-likeness (QED) is 0.893. The number of nitrogens with one attached hydrogen (secondary N) is 1.